The maximum Gasteiger partial charge on any atom is 0.265 e. The van der Waals surface area contributed by atoms with Crippen LogP contribution in [0.15, 0.2) is 6.20 Å². The first-order valence-corrected chi connectivity index (χ1v) is 5.06. The summed E-state index contributed by atoms with van der Waals surface area (Å²) in [6.45, 7) is 0. The highest BCUT2D eigenvalue weighted by Gasteiger charge is 2.32. The third-order valence-electron chi connectivity index (χ3n) is 2.10. The summed E-state index contributed by atoms with van der Waals surface area (Å²) in [4.78, 5) is 11.9. The third kappa shape index (κ3) is 1.88. The molecule has 1 N–H and O–H groups in total. The minimum absolute atomic E-state index is 0.251. The summed E-state index contributed by atoms with van der Waals surface area (Å²) >= 11 is 1.03. The van der Waals surface area contributed by atoms with Gasteiger partial charge < -0.3 is 5.32 Å². The fourth-order valence-corrected chi connectivity index (χ4v) is 1.58. The summed E-state index contributed by atoms with van der Waals surface area (Å²) in [5.41, 5.74) is 0. The fourth-order valence-electron chi connectivity index (χ4n) is 1.16. The predicted octanol–water partition coefficient (Wildman–Crippen LogP) is 0.570. The standard InChI is InChI=1S/C8H8N4OS/c9-3-6(5-1-2-5)11-8(13)7-4-10-12-14-7/h4-6H,1-2H2,(H,11,13). The molecule has 1 atom stereocenters. The molecule has 6 heteroatoms. The first kappa shape index (κ1) is 9.09. The smallest absolute Gasteiger partial charge is 0.265 e. The molecule has 0 radical (unpaired) electrons. The van der Waals surface area contributed by atoms with Crippen LogP contribution in [0.1, 0.15) is 22.5 Å². The van der Waals surface area contributed by atoms with Gasteiger partial charge in [0.15, 0.2) is 0 Å². The van der Waals surface area contributed by atoms with Gasteiger partial charge in [0.1, 0.15) is 10.9 Å². The largest absolute Gasteiger partial charge is 0.335 e. The van der Waals surface area contributed by atoms with E-state index in [1.54, 1.807) is 0 Å². The Morgan fingerprint density at radius 1 is 1.79 bits per heavy atom. The van der Waals surface area contributed by atoms with E-state index >= 15 is 0 Å². The van der Waals surface area contributed by atoms with Crippen LogP contribution in [-0.4, -0.2) is 21.5 Å². The zero-order valence-electron chi connectivity index (χ0n) is 7.30. The quantitative estimate of drug-likeness (QED) is 0.787. The average molecular weight is 208 g/mol. The zero-order valence-corrected chi connectivity index (χ0v) is 8.12. The van der Waals surface area contributed by atoms with Crippen molar-refractivity contribution in [1.82, 2.24) is 14.9 Å². The van der Waals surface area contributed by atoms with E-state index in [9.17, 15) is 4.79 Å². The van der Waals surface area contributed by atoms with Crippen molar-refractivity contribution in [3.05, 3.63) is 11.1 Å². The average Bonchev–Trinajstić information content (AvgIpc) is 2.88. The van der Waals surface area contributed by atoms with Gasteiger partial charge in [-0.15, -0.1) is 5.10 Å². The third-order valence-corrected chi connectivity index (χ3v) is 2.77. The van der Waals surface area contributed by atoms with Crippen LogP contribution in [0.3, 0.4) is 0 Å². The molecule has 0 aliphatic heterocycles. The Kier molecular flexibility index (Phi) is 2.41. The number of hydrogen-bond acceptors (Lipinski definition) is 5. The number of rotatable bonds is 3. The van der Waals surface area contributed by atoms with E-state index in [0.717, 1.165) is 24.4 Å². The second-order valence-corrected chi connectivity index (χ2v) is 3.99. The molecular weight excluding hydrogens is 200 g/mol. The van der Waals surface area contributed by atoms with E-state index in [1.807, 2.05) is 0 Å². The number of aromatic nitrogens is 2. The van der Waals surface area contributed by atoms with Gasteiger partial charge in [0.25, 0.3) is 5.91 Å². The highest BCUT2D eigenvalue weighted by Crippen LogP contribution is 2.32. The molecule has 0 spiro atoms. The van der Waals surface area contributed by atoms with Crippen molar-refractivity contribution in [2.24, 2.45) is 5.92 Å². The van der Waals surface area contributed by atoms with Crippen LogP contribution in [0.2, 0.25) is 0 Å². The van der Waals surface area contributed by atoms with Crippen LogP contribution < -0.4 is 5.32 Å². The highest BCUT2D eigenvalue weighted by atomic mass is 32.1. The molecule has 1 fully saturated rings. The molecule has 2 rings (SSSR count). The molecule has 1 unspecified atom stereocenters. The number of amides is 1. The Bertz CT molecular complexity index is 365. The van der Waals surface area contributed by atoms with Gasteiger partial charge in [-0.1, -0.05) is 4.49 Å². The molecule has 1 heterocycles. The maximum absolute atomic E-state index is 11.5. The first-order chi connectivity index (χ1) is 6.81. The van der Waals surface area contributed by atoms with Crippen LogP contribution in [0.4, 0.5) is 0 Å². The maximum atomic E-state index is 11.5. The van der Waals surface area contributed by atoms with E-state index in [4.69, 9.17) is 5.26 Å². The number of carbonyl (C=O) groups excluding carboxylic acids is 1. The normalized spacial score (nSPS) is 17.1. The summed E-state index contributed by atoms with van der Waals surface area (Å²) < 4.78 is 3.58. The Balaban J connectivity index is 1.97. The lowest BCUT2D eigenvalue weighted by molar-refractivity contribution is 0.0946. The molecule has 1 amide bonds. The first-order valence-electron chi connectivity index (χ1n) is 4.29. The van der Waals surface area contributed by atoms with Crippen LogP contribution >= 0.6 is 11.5 Å². The van der Waals surface area contributed by atoms with Crippen molar-refractivity contribution < 1.29 is 4.79 Å². The van der Waals surface area contributed by atoms with E-state index < -0.39 is 0 Å². The molecular formula is C8H8N4OS. The van der Waals surface area contributed by atoms with Crippen molar-refractivity contribution in [1.29, 1.82) is 5.26 Å². The fraction of sp³-hybridized carbons (Fsp3) is 0.500. The van der Waals surface area contributed by atoms with Crippen molar-refractivity contribution >= 4 is 17.4 Å². The molecule has 1 aromatic heterocycles. The zero-order chi connectivity index (χ0) is 9.97. The number of nitrogens with one attached hydrogen (secondary N) is 1. The summed E-state index contributed by atoms with van der Waals surface area (Å²) in [6.07, 6.45) is 3.46. The molecule has 1 aromatic rings. The van der Waals surface area contributed by atoms with Crippen molar-refractivity contribution in [2.45, 2.75) is 18.9 Å². The van der Waals surface area contributed by atoms with Gasteiger partial charge in [0, 0.05) is 0 Å². The SMILES string of the molecule is N#CC(NC(=O)c1cnns1)C1CC1. The molecule has 1 saturated carbocycles. The lowest BCUT2D eigenvalue weighted by atomic mass is 10.2. The van der Waals surface area contributed by atoms with Crippen molar-refractivity contribution in [2.75, 3.05) is 0 Å². The number of nitriles is 1. The Hall–Kier alpha value is -1.48. The molecule has 0 aromatic carbocycles. The van der Waals surface area contributed by atoms with Crippen molar-refractivity contribution in [3.8, 4) is 6.07 Å². The van der Waals surface area contributed by atoms with Gasteiger partial charge in [-0.25, -0.2) is 0 Å². The second kappa shape index (κ2) is 3.72. The monoisotopic (exact) mass is 208 g/mol. The van der Waals surface area contributed by atoms with Gasteiger partial charge in [-0.05, 0) is 30.3 Å². The lowest BCUT2D eigenvalue weighted by Gasteiger charge is -2.07. The van der Waals surface area contributed by atoms with E-state index in [1.165, 1.54) is 6.20 Å². The lowest BCUT2D eigenvalue weighted by Crippen LogP contribution is -2.34. The van der Waals surface area contributed by atoms with Gasteiger partial charge in [0.05, 0.1) is 12.3 Å². The predicted molar refractivity (Wildman–Crippen MR) is 49.5 cm³/mol. The van der Waals surface area contributed by atoms with Gasteiger partial charge >= 0.3 is 0 Å². The topological polar surface area (TPSA) is 78.7 Å². The van der Waals surface area contributed by atoms with Gasteiger partial charge in [0.2, 0.25) is 0 Å². The Morgan fingerprint density at radius 2 is 2.57 bits per heavy atom. The van der Waals surface area contributed by atoms with Crippen molar-refractivity contribution in [3.63, 3.8) is 0 Å². The van der Waals surface area contributed by atoms with E-state index in [0.29, 0.717) is 10.8 Å². The van der Waals surface area contributed by atoms with Gasteiger partial charge in [-0.3, -0.25) is 4.79 Å². The molecule has 5 nitrogen and oxygen atoms in total. The Labute approximate surface area is 84.9 Å². The number of hydrogen-bond donors (Lipinski definition) is 1. The van der Waals surface area contributed by atoms with Crippen LogP contribution in [0.25, 0.3) is 0 Å². The molecule has 14 heavy (non-hydrogen) atoms. The van der Waals surface area contributed by atoms with Gasteiger partial charge in [-0.2, -0.15) is 5.26 Å². The van der Waals surface area contributed by atoms with Crippen LogP contribution in [-0.2, 0) is 0 Å². The summed E-state index contributed by atoms with van der Waals surface area (Å²) in [5.74, 6) is 0.0864. The van der Waals surface area contributed by atoms with Crippen LogP contribution in [0.5, 0.6) is 0 Å². The summed E-state index contributed by atoms with van der Waals surface area (Å²) in [7, 11) is 0. The molecule has 0 saturated heterocycles. The minimum atomic E-state index is -0.357. The summed E-state index contributed by atoms with van der Waals surface area (Å²) in [5, 5.41) is 15.0. The van der Waals surface area contributed by atoms with E-state index in [2.05, 4.69) is 21.0 Å². The molecule has 72 valence electrons. The van der Waals surface area contributed by atoms with E-state index in [-0.39, 0.29) is 11.9 Å². The Morgan fingerprint density at radius 3 is 3.07 bits per heavy atom. The summed E-state index contributed by atoms with van der Waals surface area (Å²) in [6, 6.07) is 1.73. The molecule has 0 bridgehead atoms. The number of nitrogens with zero attached hydrogens (tertiary/aromatic N) is 3. The highest BCUT2D eigenvalue weighted by molar-refractivity contribution is 7.07. The second-order valence-electron chi connectivity index (χ2n) is 3.20. The molecule has 1 aliphatic rings. The number of carbonyl (C=O) groups is 1. The van der Waals surface area contributed by atoms with Crippen LogP contribution in [0, 0.1) is 17.2 Å². The molecule has 1 aliphatic carbocycles. The minimum Gasteiger partial charge on any atom is -0.335 e.